The highest BCUT2D eigenvalue weighted by atomic mass is 32.1. The average Bonchev–Trinajstić information content (AvgIpc) is 3.55. The Morgan fingerprint density at radius 1 is 1.23 bits per heavy atom. The number of anilines is 2. The molecule has 2 aliphatic rings. The number of aliphatic hydroxyl groups is 1. The second kappa shape index (κ2) is 12.2. The number of hydrogen-bond acceptors (Lipinski definition) is 9. The number of aryl methyl sites for hydroxylation is 1. The number of carbonyl (C=O) groups excluding carboxylic acids is 1. The summed E-state index contributed by atoms with van der Waals surface area (Å²) in [6, 6.07) is 7.98. The lowest BCUT2D eigenvalue weighted by molar-refractivity contribution is -0.0404. The molecule has 216 valence electrons. The van der Waals surface area contributed by atoms with Crippen LogP contribution >= 0.6 is 11.3 Å². The largest absolute Gasteiger partial charge is 0.490 e. The molecule has 40 heavy (non-hydrogen) atoms. The van der Waals surface area contributed by atoms with Crippen LogP contribution in [0.5, 0.6) is 5.75 Å². The van der Waals surface area contributed by atoms with Gasteiger partial charge < -0.3 is 30.4 Å². The number of amides is 1. The zero-order valence-corrected chi connectivity index (χ0v) is 24.2. The minimum atomic E-state index is -0.985. The van der Waals surface area contributed by atoms with E-state index in [1.165, 1.54) is 0 Å². The molecular weight excluding hydrogens is 530 g/mol. The lowest BCUT2D eigenvalue weighted by Gasteiger charge is -2.26. The fourth-order valence-electron chi connectivity index (χ4n) is 5.28. The molecule has 11 heteroatoms. The van der Waals surface area contributed by atoms with Gasteiger partial charge in [-0.3, -0.25) is 0 Å². The summed E-state index contributed by atoms with van der Waals surface area (Å²) in [5.41, 5.74) is 6.99. The van der Waals surface area contributed by atoms with Crippen LogP contribution in [0, 0.1) is 6.92 Å². The molecule has 0 bridgehead atoms. The monoisotopic (exact) mass is 569 g/mol. The summed E-state index contributed by atoms with van der Waals surface area (Å²) in [6.45, 7) is 6.39. The van der Waals surface area contributed by atoms with Crippen molar-refractivity contribution in [2.24, 2.45) is 5.73 Å². The van der Waals surface area contributed by atoms with E-state index in [0.29, 0.717) is 11.7 Å². The summed E-state index contributed by atoms with van der Waals surface area (Å²) in [5.74, 6) is 1.72. The first-order valence-electron chi connectivity index (χ1n) is 14.0. The fourth-order valence-corrected chi connectivity index (χ4v) is 6.39. The van der Waals surface area contributed by atoms with E-state index in [4.69, 9.17) is 30.0 Å². The first-order chi connectivity index (χ1) is 19.1. The van der Waals surface area contributed by atoms with Crippen LogP contribution in [0.15, 0.2) is 30.5 Å². The Bertz CT molecular complexity index is 1300. The van der Waals surface area contributed by atoms with Gasteiger partial charge in [0, 0.05) is 47.8 Å². The Morgan fingerprint density at radius 3 is 2.73 bits per heavy atom. The molecule has 5 rings (SSSR count). The number of hydrogen-bond donors (Lipinski definition) is 3. The van der Waals surface area contributed by atoms with Crippen molar-refractivity contribution in [2.75, 3.05) is 18.5 Å². The van der Waals surface area contributed by atoms with E-state index in [9.17, 15) is 9.90 Å². The fraction of sp³-hybridized carbons (Fsp3) is 0.552. The quantitative estimate of drug-likeness (QED) is 0.284. The van der Waals surface area contributed by atoms with Gasteiger partial charge in [-0.1, -0.05) is 0 Å². The Morgan fingerprint density at radius 2 is 2.02 bits per heavy atom. The maximum atomic E-state index is 11.1. The van der Waals surface area contributed by atoms with Gasteiger partial charge in [-0.15, -0.1) is 11.3 Å². The van der Waals surface area contributed by atoms with Crippen LogP contribution in [0.1, 0.15) is 81.6 Å². The summed E-state index contributed by atoms with van der Waals surface area (Å²) < 4.78 is 19.2. The molecule has 1 aliphatic heterocycles. The molecule has 3 heterocycles. The Kier molecular flexibility index (Phi) is 8.62. The molecule has 1 unspecified atom stereocenters. The van der Waals surface area contributed by atoms with Crippen LogP contribution in [-0.2, 0) is 9.47 Å². The van der Waals surface area contributed by atoms with Gasteiger partial charge in [-0.25, -0.2) is 14.5 Å². The van der Waals surface area contributed by atoms with Gasteiger partial charge in [0.2, 0.25) is 0 Å². The van der Waals surface area contributed by atoms with Gasteiger partial charge in [-0.05, 0) is 77.8 Å². The third kappa shape index (κ3) is 7.13. The van der Waals surface area contributed by atoms with Gasteiger partial charge in [0.05, 0.1) is 15.5 Å². The zero-order chi connectivity index (χ0) is 28.3. The average molecular weight is 570 g/mol. The molecule has 1 aromatic carbocycles. The lowest BCUT2D eigenvalue weighted by atomic mass is 9.88. The number of thiazole rings is 1. The van der Waals surface area contributed by atoms with Crippen LogP contribution in [0.25, 0.3) is 10.4 Å². The van der Waals surface area contributed by atoms with E-state index in [-0.39, 0.29) is 18.9 Å². The van der Waals surface area contributed by atoms with E-state index < -0.39 is 11.7 Å². The van der Waals surface area contributed by atoms with E-state index in [0.717, 1.165) is 84.2 Å². The number of nitrogens with zero attached hydrogens (tertiary/aromatic N) is 3. The highest BCUT2D eigenvalue weighted by Crippen LogP contribution is 2.41. The maximum Gasteiger partial charge on any atom is 0.404 e. The van der Waals surface area contributed by atoms with Crippen LogP contribution in [-0.4, -0.2) is 50.9 Å². The molecule has 1 amide bonds. The number of nitrogens with two attached hydrogens (primary N) is 1. The van der Waals surface area contributed by atoms with Crippen molar-refractivity contribution in [1.82, 2.24) is 14.8 Å². The number of primary amides is 1. The predicted molar refractivity (Wildman–Crippen MR) is 154 cm³/mol. The van der Waals surface area contributed by atoms with E-state index in [1.807, 2.05) is 42.1 Å². The number of benzene rings is 1. The van der Waals surface area contributed by atoms with Gasteiger partial charge in [0.15, 0.2) is 12.0 Å². The molecule has 10 nitrogen and oxygen atoms in total. The second-order valence-electron chi connectivity index (χ2n) is 11.3. The molecule has 0 radical (unpaired) electrons. The molecule has 4 N–H and O–H groups in total. The smallest absolute Gasteiger partial charge is 0.404 e. The molecule has 1 saturated heterocycles. The topological polar surface area (TPSA) is 134 Å². The Labute approximate surface area is 238 Å². The van der Waals surface area contributed by atoms with E-state index >= 15 is 0 Å². The van der Waals surface area contributed by atoms with Gasteiger partial charge in [0.25, 0.3) is 0 Å². The van der Waals surface area contributed by atoms with Crippen molar-refractivity contribution in [3.63, 3.8) is 0 Å². The van der Waals surface area contributed by atoms with Crippen molar-refractivity contribution in [1.29, 1.82) is 0 Å². The SMILES string of the molecule is Cc1cc(Nc2ccc(-c3cnc(C4CCC(OC(N)=O)CC4)s3)c(OCC(C)(C)O)c2)nn1C1CCCCO1. The summed E-state index contributed by atoms with van der Waals surface area (Å²) in [7, 11) is 0. The summed E-state index contributed by atoms with van der Waals surface area (Å²) in [5, 5.41) is 19.6. The van der Waals surface area contributed by atoms with Crippen LogP contribution in [0.2, 0.25) is 0 Å². The second-order valence-corrected chi connectivity index (χ2v) is 12.4. The lowest BCUT2D eigenvalue weighted by Crippen LogP contribution is -2.28. The molecule has 1 atom stereocenters. The zero-order valence-electron chi connectivity index (χ0n) is 23.4. The summed E-state index contributed by atoms with van der Waals surface area (Å²) in [6.07, 6.45) is 7.60. The first kappa shape index (κ1) is 28.4. The van der Waals surface area contributed by atoms with E-state index in [2.05, 4.69) is 5.32 Å². The maximum absolute atomic E-state index is 11.1. The number of ether oxygens (including phenoxy) is 3. The number of aromatic nitrogens is 3. The van der Waals surface area contributed by atoms with Crippen molar-refractivity contribution in [2.45, 2.75) is 89.6 Å². The van der Waals surface area contributed by atoms with Crippen molar-refractivity contribution in [3.05, 3.63) is 41.2 Å². The molecule has 2 aromatic heterocycles. The van der Waals surface area contributed by atoms with Crippen LogP contribution < -0.4 is 15.8 Å². The molecule has 1 saturated carbocycles. The highest BCUT2D eigenvalue weighted by molar-refractivity contribution is 7.15. The predicted octanol–water partition coefficient (Wildman–Crippen LogP) is 6.03. The molecular formula is C29H39N5O5S. The number of nitrogens with one attached hydrogen (secondary N) is 1. The highest BCUT2D eigenvalue weighted by Gasteiger charge is 2.27. The third-order valence-corrected chi connectivity index (χ3v) is 8.47. The summed E-state index contributed by atoms with van der Waals surface area (Å²) >= 11 is 1.65. The normalized spacial score (nSPS) is 21.6. The number of carbonyl (C=O) groups is 1. The summed E-state index contributed by atoms with van der Waals surface area (Å²) in [4.78, 5) is 16.8. The van der Waals surface area contributed by atoms with Gasteiger partial charge >= 0.3 is 6.09 Å². The number of rotatable bonds is 9. The minimum Gasteiger partial charge on any atom is -0.490 e. The van der Waals surface area contributed by atoms with Crippen LogP contribution in [0.4, 0.5) is 16.3 Å². The third-order valence-electron chi connectivity index (χ3n) is 7.28. The molecule has 1 aliphatic carbocycles. The minimum absolute atomic E-state index is 0.0244. The molecule has 3 aromatic rings. The van der Waals surface area contributed by atoms with Crippen molar-refractivity contribution >= 4 is 28.9 Å². The Hall–Kier alpha value is -3.15. The van der Waals surface area contributed by atoms with Crippen molar-refractivity contribution < 1.29 is 24.1 Å². The molecule has 2 fully saturated rings. The van der Waals surface area contributed by atoms with Crippen LogP contribution in [0.3, 0.4) is 0 Å². The first-order valence-corrected chi connectivity index (χ1v) is 14.8. The Balaban J connectivity index is 1.33. The molecule has 0 spiro atoms. The van der Waals surface area contributed by atoms with Gasteiger partial charge in [0.1, 0.15) is 18.5 Å². The van der Waals surface area contributed by atoms with Gasteiger partial charge in [-0.2, -0.15) is 5.10 Å². The van der Waals surface area contributed by atoms with Crippen molar-refractivity contribution in [3.8, 4) is 16.2 Å². The van der Waals surface area contributed by atoms with E-state index in [1.54, 1.807) is 25.2 Å². The standard InChI is InChI=1S/C29H39N5O5S/c1-18-14-25(33-34(18)26-6-4-5-13-37-26)32-20-9-12-22(23(15-20)38-17-29(2,3)36)24-16-31-27(40-24)19-7-10-21(11-8-19)39-28(30)35/h9,12,14-16,19,21,26,36H,4-8,10-11,13,17H2,1-3H3,(H2,30,35)(H,32,33).